The lowest BCUT2D eigenvalue weighted by Gasteiger charge is -2.12. The fraction of sp³-hybridized carbons (Fsp3) is 0.231. The van der Waals surface area contributed by atoms with Gasteiger partial charge < -0.3 is 24.3 Å². The minimum Gasteiger partial charge on any atom is -0.496 e. The highest BCUT2D eigenvalue weighted by Gasteiger charge is 2.15. The number of hydrogen-bond donors (Lipinski definition) is 1. The van der Waals surface area contributed by atoms with Crippen molar-refractivity contribution in [2.24, 2.45) is 0 Å². The van der Waals surface area contributed by atoms with Gasteiger partial charge in [0.15, 0.2) is 6.61 Å². The van der Waals surface area contributed by atoms with Gasteiger partial charge in [-0.15, -0.1) is 0 Å². The highest BCUT2D eigenvalue weighted by atomic mass is 16.5. The van der Waals surface area contributed by atoms with Crippen molar-refractivity contribution < 1.29 is 28.5 Å². The Balaban J connectivity index is 1.41. The number of esters is 1. The average molecular weight is 450 g/mol. The molecule has 3 rings (SSSR count). The molecule has 0 aliphatic heterocycles. The molecule has 0 saturated carbocycles. The molecule has 0 radical (unpaired) electrons. The Morgan fingerprint density at radius 2 is 1.45 bits per heavy atom. The normalized spacial score (nSPS) is 10.2. The van der Waals surface area contributed by atoms with Crippen LogP contribution in [0.5, 0.6) is 17.2 Å². The molecule has 1 amide bonds. The smallest absolute Gasteiger partial charge is 0.342 e. The summed E-state index contributed by atoms with van der Waals surface area (Å²) >= 11 is 0. The molecule has 0 aliphatic rings. The summed E-state index contributed by atoms with van der Waals surface area (Å²) in [5, 5.41) is 2.74. The standard InChI is InChI=1S/C26H27NO6/c1-30-23-13-7-5-9-20(23)15-16-27-25(28)19-33-26(29)22-12-6-8-14-24(22)32-18-17-31-21-10-3-2-4-11-21/h2-14H,15-19H2,1H3,(H,27,28). The first-order valence-electron chi connectivity index (χ1n) is 10.6. The highest BCUT2D eigenvalue weighted by Crippen LogP contribution is 2.19. The van der Waals surface area contributed by atoms with Gasteiger partial charge in [0.05, 0.1) is 7.11 Å². The molecular formula is C26H27NO6. The number of amides is 1. The maximum Gasteiger partial charge on any atom is 0.342 e. The maximum atomic E-state index is 12.5. The molecule has 0 heterocycles. The van der Waals surface area contributed by atoms with Gasteiger partial charge in [0.2, 0.25) is 0 Å². The van der Waals surface area contributed by atoms with Crippen LogP contribution in [-0.4, -0.2) is 45.4 Å². The molecule has 0 bridgehead atoms. The van der Waals surface area contributed by atoms with Crippen LogP contribution in [0.4, 0.5) is 0 Å². The Morgan fingerprint density at radius 3 is 2.24 bits per heavy atom. The van der Waals surface area contributed by atoms with Crippen LogP contribution >= 0.6 is 0 Å². The molecule has 0 aromatic heterocycles. The van der Waals surface area contributed by atoms with Crippen molar-refractivity contribution >= 4 is 11.9 Å². The van der Waals surface area contributed by atoms with Crippen molar-refractivity contribution in [1.82, 2.24) is 5.32 Å². The van der Waals surface area contributed by atoms with Crippen LogP contribution in [0.3, 0.4) is 0 Å². The molecule has 0 saturated heterocycles. The number of para-hydroxylation sites is 3. The molecule has 0 aliphatic carbocycles. The predicted molar refractivity (Wildman–Crippen MR) is 124 cm³/mol. The minimum atomic E-state index is -0.630. The van der Waals surface area contributed by atoms with Gasteiger partial charge in [0, 0.05) is 6.54 Å². The van der Waals surface area contributed by atoms with Crippen molar-refractivity contribution in [2.45, 2.75) is 6.42 Å². The van der Waals surface area contributed by atoms with Crippen LogP contribution in [0, 0.1) is 0 Å². The van der Waals surface area contributed by atoms with Gasteiger partial charge in [-0.05, 0) is 42.3 Å². The Morgan fingerprint density at radius 1 is 0.788 bits per heavy atom. The SMILES string of the molecule is COc1ccccc1CCNC(=O)COC(=O)c1ccccc1OCCOc1ccccc1. The van der Waals surface area contributed by atoms with Crippen molar-refractivity contribution in [3.63, 3.8) is 0 Å². The topological polar surface area (TPSA) is 83.1 Å². The monoisotopic (exact) mass is 449 g/mol. The Kier molecular flexibility index (Phi) is 9.15. The van der Waals surface area contributed by atoms with Gasteiger partial charge in [-0.2, -0.15) is 0 Å². The zero-order valence-corrected chi connectivity index (χ0v) is 18.5. The maximum absolute atomic E-state index is 12.5. The van der Waals surface area contributed by atoms with E-state index in [0.29, 0.717) is 25.3 Å². The third-order valence-electron chi connectivity index (χ3n) is 4.70. The van der Waals surface area contributed by atoms with Crippen molar-refractivity contribution in [2.75, 3.05) is 33.5 Å². The summed E-state index contributed by atoms with van der Waals surface area (Å²) in [5.41, 5.74) is 1.23. The number of rotatable bonds is 12. The lowest BCUT2D eigenvalue weighted by atomic mass is 10.1. The summed E-state index contributed by atoms with van der Waals surface area (Å²) in [6, 6.07) is 23.7. The number of hydrogen-bond acceptors (Lipinski definition) is 6. The first-order valence-corrected chi connectivity index (χ1v) is 10.6. The fourth-order valence-electron chi connectivity index (χ4n) is 3.09. The van der Waals surface area contributed by atoms with E-state index in [1.165, 1.54) is 0 Å². The first-order chi connectivity index (χ1) is 16.2. The zero-order chi connectivity index (χ0) is 23.3. The van der Waals surface area contributed by atoms with Crippen LogP contribution in [0.25, 0.3) is 0 Å². The molecule has 172 valence electrons. The second kappa shape index (κ2) is 12.8. The van der Waals surface area contributed by atoms with Gasteiger partial charge in [0.25, 0.3) is 5.91 Å². The lowest BCUT2D eigenvalue weighted by Crippen LogP contribution is -2.30. The fourth-order valence-corrected chi connectivity index (χ4v) is 3.09. The van der Waals surface area contributed by atoms with Crippen LogP contribution in [-0.2, 0) is 16.0 Å². The molecule has 0 spiro atoms. The number of ether oxygens (including phenoxy) is 4. The third kappa shape index (κ3) is 7.57. The molecule has 1 N–H and O–H groups in total. The Hall–Kier alpha value is -4.00. The summed E-state index contributed by atoms with van der Waals surface area (Å²) in [6.07, 6.45) is 0.603. The zero-order valence-electron chi connectivity index (χ0n) is 18.5. The second-order valence-electron chi connectivity index (χ2n) is 6.99. The molecule has 0 atom stereocenters. The molecular weight excluding hydrogens is 422 g/mol. The largest absolute Gasteiger partial charge is 0.496 e. The summed E-state index contributed by atoms with van der Waals surface area (Å²) in [7, 11) is 1.61. The van der Waals surface area contributed by atoms with Crippen LogP contribution in [0.15, 0.2) is 78.9 Å². The minimum absolute atomic E-state index is 0.249. The van der Waals surface area contributed by atoms with Gasteiger partial charge in [0.1, 0.15) is 36.0 Å². The molecule has 7 nitrogen and oxygen atoms in total. The van der Waals surface area contributed by atoms with E-state index in [0.717, 1.165) is 17.1 Å². The first kappa shape index (κ1) is 23.7. The second-order valence-corrected chi connectivity index (χ2v) is 6.99. The van der Waals surface area contributed by atoms with E-state index in [4.69, 9.17) is 18.9 Å². The quantitative estimate of drug-likeness (QED) is 0.336. The van der Waals surface area contributed by atoms with Gasteiger partial charge in [-0.25, -0.2) is 4.79 Å². The molecule has 3 aromatic rings. The van der Waals surface area contributed by atoms with E-state index in [1.807, 2.05) is 54.6 Å². The lowest BCUT2D eigenvalue weighted by molar-refractivity contribution is -0.124. The van der Waals surface area contributed by atoms with Crippen LogP contribution in [0.2, 0.25) is 0 Å². The average Bonchev–Trinajstić information content (AvgIpc) is 2.86. The number of carbonyl (C=O) groups excluding carboxylic acids is 2. The van der Waals surface area contributed by atoms with E-state index in [-0.39, 0.29) is 24.7 Å². The van der Waals surface area contributed by atoms with Crippen molar-refractivity contribution in [3.8, 4) is 17.2 Å². The molecule has 7 heteroatoms. The van der Waals surface area contributed by atoms with Crippen LogP contribution < -0.4 is 19.5 Å². The summed E-state index contributed by atoms with van der Waals surface area (Å²) < 4.78 is 21.7. The van der Waals surface area contributed by atoms with E-state index >= 15 is 0 Å². The van der Waals surface area contributed by atoms with Gasteiger partial charge in [-0.1, -0.05) is 48.5 Å². The number of carbonyl (C=O) groups is 2. The van der Waals surface area contributed by atoms with E-state index < -0.39 is 5.97 Å². The van der Waals surface area contributed by atoms with E-state index in [2.05, 4.69) is 5.32 Å². The summed E-state index contributed by atoms with van der Waals surface area (Å²) in [5.74, 6) is 0.868. The Labute approximate surface area is 193 Å². The molecule has 3 aromatic carbocycles. The predicted octanol–water partition coefficient (Wildman–Crippen LogP) is 3.67. The van der Waals surface area contributed by atoms with Crippen LogP contribution in [0.1, 0.15) is 15.9 Å². The van der Waals surface area contributed by atoms with Crippen molar-refractivity contribution in [1.29, 1.82) is 0 Å². The number of methoxy groups -OCH3 is 1. The van der Waals surface area contributed by atoms with Gasteiger partial charge >= 0.3 is 5.97 Å². The highest BCUT2D eigenvalue weighted by molar-refractivity contribution is 5.94. The van der Waals surface area contributed by atoms with E-state index in [1.54, 1.807) is 31.4 Å². The van der Waals surface area contributed by atoms with Crippen molar-refractivity contribution in [3.05, 3.63) is 90.0 Å². The van der Waals surface area contributed by atoms with E-state index in [9.17, 15) is 9.59 Å². The van der Waals surface area contributed by atoms with Gasteiger partial charge in [-0.3, -0.25) is 4.79 Å². The molecule has 0 fully saturated rings. The third-order valence-corrected chi connectivity index (χ3v) is 4.70. The number of benzene rings is 3. The summed E-state index contributed by atoms with van der Waals surface area (Å²) in [6.45, 7) is 0.596. The number of nitrogens with one attached hydrogen (secondary N) is 1. The summed E-state index contributed by atoms with van der Waals surface area (Å²) in [4.78, 5) is 24.6. The molecule has 0 unspecified atom stereocenters. The molecule has 33 heavy (non-hydrogen) atoms. The Bertz CT molecular complexity index is 1040.